The quantitative estimate of drug-likeness (QED) is 0.659. The monoisotopic (exact) mass is 360 g/mol. The molecule has 0 unspecified atom stereocenters. The Morgan fingerprint density at radius 2 is 1.81 bits per heavy atom. The maximum absolute atomic E-state index is 11.1. The summed E-state index contributed by atoms with van der Waals surface area (Å²) < 4.78 is 0. The molecule has 0 atom stereocenters. The Hall–Kier alpha value is -3.61. The average molecular weight is 360 g/mol. The first kappa shape index (κ1) is 16.8. The molecule has 0 saturated heterocycles. The van der Waals surface area contributed by atoms with Crippen molar-refractivity contribution < 1.29 is 4.79 Å². The molecule has 0 bridgehead atoms. The first-order valence-electron chi connectivity index (χ1n) is 8.72. The molecule has 4 N–H and O–H groups in total. The highest BCUT2D eigenvalue weighted by Gasteiger charge is 2.23. The van der Waals surface area contributed by atoms with Crippen molar-refractivity contribution in [2.75, 3.05) is 27.8 Å². The number of anilines is 6. The van der Waals surface area contributed by atoms with Gasteiger partial charge in [-0.3, -0.25) is 4.79 Å². The van der Waals surface area contributed by atoms with Crippen LogP contribution in [0.2, 0.25) is 0 Å². The third-order valence-corrected chi connectivity index (χ3v) is 4.47. The van der Waals surface area contributed by atoms with E-state index in [4.69, 9.17) is 5.73 Å². The lowest BCUT2D eigenvalue weighted by atomic mass is 10.2. The number of carbonyl (C=O) groups is 1. The Balaban J connectivity index is 1.59. The van der Waals surface area contributed by atoms with Crippen LogP contribution in [0.5, 0.6) is 0 Å². The van der Waals surface area contributed by atoms with Crippen molar-refractivity contribution in [3.63, 3.8) is 0 Å². The highest BCUT2D eigenvalue weighted by Crippen LogP contribution is 2.38. The molecule has 1 aliphatic rings. The van der Waals surface area contributed by atoms with Crippen molar-refractivity contribution in [3.05, 3.63) is 60.4 Å². The average Bonchev–Trinajstić information content (AvgIpc) is 3.09. The van der Waals surface area contributed by atoms with E-state index < -0.39 is 0 Å². The predicted molar refractivity (Wildman–Crippen MR) is 108 cm³/mol. The minimum atomic E-state index is -0.105. The normalized spacial score (nSPS) is 12.6. The van der Waals surface area contributed by atoms with E-state index in [1.165, 1.54) is 18.8 Å². The van der Waals surface area contributed by atoms with Gasteiger partial charge in [0.25, 0.3) is 0 Å². The Morgan fingerprint density at radius 3 is 2.59 bits per heavy atom. The van der Waals surface area contributed by atoms with Crippen LogP contribution in [0.25, 0.3) is 0 Å². The number of aromatic nitrogens is 2. The van der Waals surface area contributed by atoms with Crippen molar-refractivity contribution in [2.24, 2.45) is 0 Å². The van der Waals surface area contributed by atoms with Gasteiger partial charge in [-0.25, -0.2) is 9.97 Å². The smallest absolute Gasteiger partial charge is 0.221 e. The Morgan fingerprint density at radius 1 is 1.07 bits per heavy atom. The summed E-state index contributed by atoms with van der Waals surface area (Å²) in [6.45, 7) is 2.32. The molecule has 136 valence electrons. The second-order valence-corrected chi connectivity index (χ2v) is 6.37. The second kappa shape index (κ2) is 6.95. The van der Waals surface area contributed by atoms with Crippen molar-refractivity contribution in [3.8, 4) is 0 Å². The van der Waals surface area contributed by atoms with E-state index >= 15 is 0 Å². The number of fused-ring (bicyclic) bond motifs is 1. The van der Waals surface area contributed by atoms with E-state index in [2.05, 4.69) is 37.6 Å². The molecule has 1 aromatic heterocycles. The molecule has 2 heterocycles. The number of nitrogens with zero attached hydrogens (tertiary/aromatic N) is 3. The van der Waals surface area contributed by atoms with Crippen LogP contribution in [0.1, 0.15) is 12.5 Å². The zero-order chi connectivity index (χ0) is 18.8. The number of amides is 1. The molecule has 0 fully saturated rings. The maximum Gasteiger partial charge on any atom is 0.221 e. The fourth-order valence-corrected chi connectivity index (χ4v) is 3.24. The summed E-state index contributed by atoms with van der Waals surface area (Å²) in [6, 6.07) is 15.6. The van der Waals surface area contributed by atoms with Gasteiger partial charge < -0.3 is 21.3 Å². The first-order valence-corrected chi connectivity index (χ1v) is 8.72. The van der Waals surface area contributed by atoms with Crippen LogP contribution < -0.4 is 21.3 Å². The van der Waals surface area contributed by atoms with Gasteiger partial charge in [-0.05, 0) is 42.3 Å². The summed E-state index contributed by atoms with van der Waals surface area (Å²) in [7, 11) is 0. The van der Waals surface area contributed by atoms with Crippen LogP contribution in [0.3, 0.4) is 0 Å². The Kier molecular flexibility index (Phi) is 4.33. The summed E-state index contributed by atoms with van der Waals surface area (Å²) in [5.74, 6) is 1.15. The minimum absolute atomic E-state index is 0.105. The van der Waals surface area contributed by atoms with Crippen LogP contribution in [0.15, 0.2) is 54.9 Å². The van der Waals surface area contributed by atoms with Crippen LogP contribution >= 0.6 is 0 Å². The van der Waals surface area contributed by atoms with E-state index in [0.717, 1.165) is 30.0 Å². The van der Waals surface area contributed by atoms with Crippen molar-refractivity contribution in [1.82, 2.24) is 9.97 Å². The van der Waals surface area contributed by atoms with Crippen molar-refractivity contribution in [2.45, 2.75) is 13.3 Å². The number of nitrogens with two attached hydrogens (primary N) is 1. The van der Waals surface area contributed by atoms with Gasteiger partial charge in [-0.2, -0.15) is 0 Å². The van der Waals surface area contributed by atoms with Gasteiger partial charge in [0.1, 0.15) is 12.0 Å². The van der Waals surface area contributed by atoms with Gasteiger partial charge in [0, 0.05) is 30.5 Å². The summed E-state index contributed by atoms with van der Waals surface area (Å²) >= 11 is 0. The number of benzene rings is 2. The van der Waals surface area contributed by atoms with Gasteiger partial charge in [0.2, 0.25) is 5.91 Å². The van der Waals surface area contributed by atoms with Gasteiger partial charge in [0.05, 0.1) is 0 Å². The van der Waals surface area contributed by atoms with Gasteiger partial charge in [0.15, 0.2) is 11.6 Å². The highest BCUT2D eigenvalue weighted by molar-refractivity contribution is 5.89. The Bertz CT molecular complexity index is 986. The van der Waals surface area contributed by atoms with Gasteiger partial charge in [-0.1, -0.05) is 18.2 Å². The van der Waals surface area contributed by atoms with Crippen LogP contribution in [0.4, 0.5) is 34.4 Å². The topological polar surface area (TPSA) is 96.2 Å². The van der Waals surface area contributed by atoms with Crippen LogP contribution in [-0.4, -0.2) is 22.4 Å². The zero-order valence-corrected chi connectivity index (χ0v) is 14.9. The molecule has 0 saturated carbocycles. The third-order valence-electron chi connectivity index (χ3n) is 4.47. The van der Waals surface area contributed by atoms with Crippen LogP contribution in [0, 0.1) is 0 Å². The van der Waals surface area contributed by atoms with E-state index in [0.29, 0.717) is 17.3 Å². The number of nitrogen functional groups attached to an aromatic ring is 1. The number of nitrogens with one attached hydrogen (secondary N) is 2. The fourth-order valence-electron chi connectivity index (χ4n) is 3.24. The SMILES string of the molecule is CC(=O)Nc1ccc(Nc2ncnc(N3CCc4ccccc43)c2N)cc1. The first-order chi connectivity index (χ1) is 13.1. The lowest BCUT2D eigenvalue weighted by Crippen LogP contribution is -2.17. The highest BCUT2D eigenvalue weighted by atomic mass is 16.1. The van der Waals surface area contributed by atoms with Crippen molar-refractivity contribution >= 4 is 40.3 Å². The predicted octanol–water partition coefficient (Wildman–Crippen LogP) is 3.46. The number of hydrogen-bond donors (Lipinski definition) is 3. The molecule has 0 aliphatic carbocycles. The molecule has 2 aromatic carbocycles. The van der Waals surface area contributed by atoms with E-state index in [9.17, 15) is 4.79 Å². The lowest BCUT2D eigenvalue weighted by molar-refractivity contribution is -0.114. The molecule has 7 heteroatoms. The lowest BCUT2D eigenvalue weighted by Gasteiger charge is -2.21. The molecule has 7 nitrogen and oxygen atoms in total. The number of para-hydroxylation sites is 1. The summed E-state index contributed by atoms with van der Waals surface area (Å²) in [5.41, 5.74) is 10.9. The van der Waals surface area contributed by atoms with E-state index in [1.807, 2.05) is 36.4 Å². The largest absolute Gasteiger partial charge is 0.393 e. The number of carbonyl (C=O) groups excluding carboxylic acids is 1. The molecular weight excluding hydrogens is 340 g/mol. The van der Waals surface area contributed by atoms with Gasteiger partial charge >= 0.3 is 0 Å². The summed E-state index contributed by atoms with van der Waals surface area (Å²) in [4.78, 5) is 21.9. The maximum atomic E-state index is 11.1. The molecule has 0 radical (unpaired) electrons. The molecular formula is C20H20N6O. The zero-order valence-electron chi connectivity index (χ0n) is 14.9. The number of rotatable bonds is 4. The third kappa shape index (κ3) is 3.39. The minimum Gasteiger partial charge on any atom is -0.393 e. The molecule has 4 rings (SSSR count). The van der Waals surface area contributed by atoms with Gasteiger partial charge in [-0.15, -0.1) is 0 Å². The van der Waals surface area contributed by atoms with Crippen molar-refractivity contribution in [1.29, 1.82) is 0 Å². The molecule has 0 spiro atoms. The molecule has 1 amide bonds. The second-order valence-electron chi connectivity index (χ2n) is 6.37. The molecule has 1 aliphatic heterocycles. The Labute approximate surface area is 157 Å². The van der Waals surface area contributed by atoms with Crippen LogP contribution in [-0.2, 0) is 11.2 Å². The number of hydrogen-bond acceptors (Lipinski definition) is 6. The molecule has 27 heavy (non-hydrogen) atoms. The summed E-state index contributed by atoms with van der Waals surface area (Å²) in [6.07, 6.45) is 2.48. The fraction of sp³-hybridized carbons (Fsp3) is 0.150. The summed E-state index contributed by atoms with van der Waals surface area (Å²) in [5, 5.41) is 5.96. The molecule has 3 aromatic rings. The standard InChI is InChI=1S/C20H20N6O/c1-13(27)24-15-6-8-16(9-7-15)25-19-18(21)20(23-12-22-19)26-11-10-14-4-2-3-5-17(14)26/h2-9,12H,10-11,21H2,1H3,(H,24,27)(H,22,23,25). The van der Waals surface area contributed by atoms with E-state index in [-0.39, 0.29) is 5.91 Å². The van der Waals surface area contributed by atoms with E-state index in [1.54, 1.807) is 0 Å².